The zero-order chi connectivity index (χ0) is 22.0. The summed E-state index contributed by atoms with van der Waals surface area (Å²) in [5, 5.41) is 0. The lowest BCUT2D eigenvalue weighted by atomic mass is 9.81. The van der Waals surface area contributed by atoms with Crippen molar-refractivity contribution in [1.82, 2.24) is 4.98 Å². The Bertz CT molecular complexity index is 934. The molecule has 3 rings (SSSR count). The molecule has 1 aromatic carbocycles. The molecule has 30 heavy (non-hydrogen) atoms. The molecule has 0 spiro atoms. The van der Waals surface area contributed by atoms with Gasteiger partial charge in [0.1, 0.15) is 5.69 Å². The second-order valence-electron chi connectivity index (χ2n) is 7.96. The molecular formula is C23H29NO6. The lowest BCUT2D eigenvalue weighted by molar-refractivity contribution is 0.0451. The molecule has 162 valence electrons. The summed E-state index contributed by atoms with van der Waals surface area (Å²) in [5.41, 5.74) is 3.31. The summed E-state index contributed by atoms with van der Waals surface area (Å²) in [6, 6.07) is 3.75. The predicted octanol–water partition coefficient (Wildman–Crippen LogP) is 4.07. The lowest BCUT2D eigenvalue weighted by Crippen LogP contribution is -2.19. The van der Waals surface area contributed by atoms with Crippen molar-refractivity contribution in [3.63, 3.8) is 0 Å². The molecule has 0 amide bonds. The molecule has 0 fully saturated rings. The molecule has 1 aliphatic rings. The SMILES string of the molecule is COc1cc([C@H]2CC(=O)c3c([nH]c(C(=O)OCC(C)C)c3C)C2)cc(OC)c1OC. The van der Waals surface area contributed by atoms with E-state index in [9.17, 15) is 9.59 Å². The minimum Gasteiger partial charge on any atom is -0.493 e. The summed E-state index contributed by atoms with van der Waals surface area (Å²) in [4.78, 5) is 28.6. The molecule has 0 saturated carbocycles. The number of benzene rings is 1. The van der Waals surface area contributed by atoms with E-state index in [1.54, 1.807) is 28.3 Å². The van der Waals surface area contributed by atoms with E-state index < -0.39 is 5.97 Å². The zero-order valence-electron chi connectivity index (χ0n) is 18.4. The number of Topliss-reactive ketones (excluding diaryl/α,β-unsaturated/α-hetero) is 1. The van der Waals surface area contributed by atoms with Gasteiger partial charge in [-0.25, -0.2) is 4.79 Å². The summed E-state index contributed by atoms with van der Waals surface area (Å²) >= 11 is 0. The minimum atomic E-state index is -0.423. The van der Waals surface area contributed by atoms with E-state index >= 15 is 0 Å². The van der Waals surface area contributed by atoms with E-state index in [4.69, 9.17) is 18.9 Å². The van der Waals surface area contributed by atoms with Crippen molar-refractivity contribution >= 4 is 11.8 Å². The Hall–Kier alpha value is -2.96. The van der Waals surface area contributed by atoms with Crippen molar-refractivity contribution in [3.8, 4) is 17.2 Å². The minimum absolute atomic E-state index is 0.00617. The van der Waals surface area contributed by atoms with E-state index in [1.165, 1.54) is 0 Å². The molecule has 7 heteroatoms. The molecule has 0 aliphatic heterocycles. The van der Waals surface area contributed by atoms with Crippen LogP contribution in [0.4, 0.5) is 0 Å². The molecule has 0 radical (unpaired) electrons. The first-order chi connectivity index (χ1) is 14.3. The molecule has 0 bridgehead atoms. The Kier molecular flexibility index (Phi) is 6.39. The first-order valence-electron chi connectivity index (χ1n) is 10.0. The molecule has 1 aliphatic carbocycles. The smallest absolute Gasteiger partial charge is 0.355 e. The standard InChI is InChI=1S/C23H29NO6/c1-12(2)11-30-23(26)21-13(3)20-16(24-21)7-14(8-17(20)25)15-9-18(27-4)22(29-6)19(10-15)28-5/h9-10,12,14,24H,7-8,11H2,1-6H3/t14-/m1/s1. The van der Waals surface area contributed by atoms with Gasteiger partial charge in [0.15, 0.2) is 17.3 Å². The van der Waals surface area contributed by atoms with Crippen LogP contribution in [0.3, 0.4) is 0 Å². The van der Waals surface area contributed by atoms with Crippen LogP contribution in [0.2, 0.25) is 0 Å². The fraction of sp³-hybridized carbons (Fsp3) is 0.478. The summed E-state index contributed by atoms with van der Waals surface area (Å²) in [6.45, 7) is 6.08. The average Bonchev–Trinajstić information content (AvgIpc) is 3.07. The maximum Gasteiger partial charge on any atom is 0.355 e. The van der Waals surface area contributed by atoms with Gasteiger partial charge in [0.2, 0.25) is 5.75 Å². The van der Waals surface area contributed by atoms with Crippen LogP contribution in [0.5, 0.6) is 17.2 Å². The summed E-state index contributed by atoms with van der Waals surface area (Å²) in [7, 11) is 4.68. The average molecular weight is 415 g/mol. The van der Waals surface area contributed by atoms with Crippen molar-refractivity contribution in [2.75, 3.05) is 27.9 Å². The van der Waals surface area contributed by atoms with Crippen molar-refractivity contribution in [2.45, 2.75) is 39.5 Å². The first-order valence-corrected chi connectivity index (χ1v) is 10.0. The number of nitrogens with one attached hydrogen (secondary N) is 1. The number of carbonyl (C=O) groups excluding carboxylic acids is 2. The van der Waals surface area contributed by atoms with Crippen molar-refractivity contribution in [3.05, 3.63) is 40.2 Å². The van der Waals surface area contributed by atoms with Crippen LogP contribution >= 0.6 is 0 Å². The number of methoxy groups -OCH3 is 3. The molecule has 1 aromatic heterocycles. The monoisotopic (exact) mass is 415 g/mol. The number of aromatic nitrogens is 1. The van der Waals surface area contributed by atoms with Gasteiger partial charge in [-0.2, -0.15) is 0 Å². The third kappa shape index (κ3) is 4.01. The molecular weight excluding hydrogens is 386 g/mol. The van der Waals surface area contributed by atoms with Crippen LogP contribution in [0, 0.1) is 12.8 Å². The number of aromatic amines is 1. The molecule has 7 nitrogen and oxygen atoms in total. The predicted molar refractivity (Wildman–Crippen MR) is 112 cm³/mol. The second kappa shape index (κ2) is 8.81. The highest BCUT2D eigenvalue weighted by Crippen LogP contribution is 2.43. The topological polar surface area (TPSA) is 86.9 Å². The van der Waals surface area contributed by atoms with Gasteiger partial charge < -0.3 is 23.9 Å². The molecule has 2 aromatic rings. The maximum absolute atomic E-state index is 13.0. The van der Waals surface area contributed by atoms with Crippen molar-refractivity contribution in [1.29, 1.82) is 0 Å². The molecule has 0 unspecified atom stereocenters. The Morgan fingerprint density at radius 3 is 2.27 bits per heavy atom. The van der Waals surface area contributed by atoms with E-state index in [0.29, 0.717) is 53.5 Å². The highest BCUT2D eigenvalue weighted by Gasteiger charge is 2.33. The lowest BCUT2D eigenvalue weighted by Gasteiger charge is -2.24. The summed E-state index contributed by atoms with van der Waals surface area (Å²) in [5.74, 6) is 1.36. The fourth-order valence-electron chi connectivity index (χ4n) is 3.92. The number of esters is 1. The third-order valence-electron chi connectivity index (χ3n) is 5.40. The van der Waals surface area contributed by atoms with Gasteiger partial charge in [-0.15, -0.1) is 0 Å². The Labute approximate surface area is 176 Å². The number of ether oxygens (including phenoxy) is 4. The van der Waals surface area contributed by atoms with Crippen molar-refractivity contribution in [2.24, 2.45) is 5.92 Å². The van der Waals surface area contributed by atoms with Crippen LogP contribution in [0.1, 0.15) is 63.9 Å². The normalized spacial score (nSPS) is 15.7. The van der Waals surface area contributed by atoms with Gasteiger partial charge in [-0.3, -0.25) is 4.79 Å². The highest BCUT2D eigenvalue weighted by molar-refractivity contribution is 6.03. The number of hydrogen-bond donors (Lipinski definition) is 1. The van der Waals surface area contributed by atoms with Gasteiger partial charge >= 0.3 is 5.97 Å². The van der Waals surface area contributed by atoms with Gasteiger partial charge in [0.05, 0.1) is 27.9 Å². The molecule has 1 atom stereocenters. The summed E-state index contributed by atoms with van der Waals surface area (Å²) in [6.07, 6.45) is 0.933. The van der Waals surface area contributed by atoms with Gasteiger partial charge in [-0.05, 0) is 48.4 Å². The van der Waals surface area contributed by atoms with Crippen LogP contribution in [0.15, 0.2) is 12.1 Å². The zero-order valence-corrected chi connectivity index (χ0v) is 18.4. The van der Waals surface area contributed by atoms with Crippen LogP contribution < -0.4 is 14.2 Å². The number of hydrogen-bond acceptors (Lipinski definition) is 6. The first kappa shape index (κ1) is 21.7. The number of fused-ring (bicyclic) bond motifs is 1. The van der Waals surface area contributed by atoms with E-state index in [1.807, 2.05) is 26.0 Å². The highest BCUT2D eigenvalue weighted by atomic mass is 16.5. The quantitative estimate of drug-likeness (QED) is 0.686. The number of H-pyrrole nitrogens is 1. The number of rotatable bonds is 7. The second-order valence-corrected chi connectivity index (χ2v) is 7.96. The Morgan fingerprint density at radius 1 is 1.10 bits per heavy atom. The fourth-order valence-corrected chi connectivity index (χ4v) is 3.92. The van der Waals surface area contributed by atoms with E-state index in [-0.39, 0.29) is 17.6 Å². The van der Waals surface area contributed by atoms with Gasteiger partial charge in [0.25, 0.3) is 0 Å². The summed E-state index contributed by atoms with van der Waals surface area (Å²) < 4.78 is 21.6. The van der Waals surface area contributed by atoms with Crippen LogP contribution in [0.25, 0.3) is 0 Å². The Balaban J connectivity index is 1.94. The molecule has 1 N–H and O–H groups in total. The molecule has 0 saturated heterocycles. The van der Waals surface area contributed by atoms with Crippen molar-refractivity contribution < 1.29 is 28.5 Å². The van der Waals surface area contributed by atoms with E-state index in [0.717, 1.165) is 11.3 Å². The maximum atomic E-state index is 13.0. The van der Waals surface area contributed by atoms with Crippen LogP contribution in [-0.4, -0.2) is 44.7 Å². The largest absolute Gasteiger partial charge is 0.493 e. The Morgan fingerprint density at radius 2 is 1.73 bits per heavy atom. The molecule has 1 heterocycles. The van der Waals surface area contributed by atoms with Gasteiger partial charge in [-0.1, -0.05) is 13.8 Å². The number of carbonyl (C=O) groups is 2. The number of ketones is 1. The van der Waals surface area contributed by atoms with Gasteiger partial charge in [0, 0.05) is 17.7 Å². The third-order valence-corrected chi connectivity index (χ3v) is 5.40. The van der Waals surface area contributed by atoms with E-state index in [2.05, 4.69) is 4.98 Å². The van der Waals surface area contributed by atoms with Crippen LogP contribution in [-0.2, 0) is 11.2 Å².